The Hall–Kier alpha value is -2.01. The Bertz CT molecular complexity index is 458. The summed E-state index contributed by atoms with van der Waals surface area (Å²) in [5.74, 6) is -0.0956. The van der Waals surface area contributed by atoms with E-state index in [4.69, 9.17) is 11.5 Å². The molecule has 4 N–H and O–H groups in total. The van der Waals surface area contributed by atoms with Gasteiger partial charge in [-0.1, -0.05) is 12.1 Å². The first kappa shape index (κ1) is 11.5. The summed E-state index contributed by atoms with van der Waals surface area (Å²) in [7, 11) is 0. The maximum atomic E-state index is 12.8. The number of halogens is 1. The highest BCUT2D eigenvalue weighted by atomic mass is 19.1. The highest BCUT2D eigenvalue weighted by Crippen LogP contribution is 2.25. The monoisotopic (exact) mass is 232 g/mol. The molecule has 1 atom stereocenters. The molecule has 0 unspecified atom stereocenters. The smallest absolute Gasteiger partial charge is 0.219 e. The fraction of sp³-hybridized carbons (Fsp3) is 0.167. The minimum atomic E-state index is -0.776. The summed E-state index contributed by atoms with van der Waals surface area (Å²) in [6.45, 7) is 1.81. The molecular formula is C12H13FN4. The van der Waals surface area contributed by atoms with Gasteiger partial charge in [0.2, 0.25) is 5.95 Å². The zero-order valence-electron chi connectivity index (χ0n) is 9.39. The van der Waals surface area contributed by atoms with Gasteiger partial charge in [-0.3, -0.25) is 0 Å². The molecule has 0 spiro atoms. The van der Waals surface area contributed by atoms with Crippen LogP contribution in [0.2, 0.25) is 0 Å². The van der Waals surface area contributed by atoms with Gasteiger partial charge in [0.05, 0.1) is 5.54 Å². The highest BCUT2D eigenvalue weighted by molar-refractivity contribution is 5.35. The fourth-order valence-electron chi connectivity index (χ4n) is 1.57. The second-order valence-electron chi connectivity index (χ2n) is 4.04. The Morgan fingerprint density at radius 1 is 1.06 bits per heavy atom. The molecule has 2 rings (SSSR count). The summed E-state index contributed by atoms with van der Waals surface area (Å²) in [4.78, 5) is 7.80. The standard InChI is InChI=1S/C12H13FN4/c1-12(15,8-2-4-10(13)5-3-8)9-6-16-11(14)17-7-9/h2-7H,15H2,1H3,(H2,14,16,17)/t12-/m0/s1. The molecule has 88 valence electrons. The third kappa shape index (κ3) is 2.24. The number of benzene rings is 1. The first-order valence-corrected chi connectivity index (χ1v) is 5.13. The zero-order valence-corrected chi connectivity index (χ0v) is 9.39. The second kappa shape index (κ2) is 4.10. The van der Waals surface area contributed by atoms with Gasteiger partial charge in [-0.05, 0) is 24.6 Å². The van der Waals surface area contributed by atoms with E-state index in [2.05, 4.69) is 9.97 Å². The first-order chi connectivity index (χ1) is 8.00. The molecule has 0 saturated heterocycles. The molecule has 0 saturated carbocycles. The van der Waals surface area contributed by atoms with Crippen molar-refractivity contribution in [1.29, 1.82) is 0 Å². The van der Waals surface area contributed by atoms with Crippen LogP contribution in [-0.2, 0) is 5.54 Å². The van der Waals surface area contributed by atoms with E-state index in [-0.39, 0.29) is 11.8 Å². The van der Waals surface area contributed by atoms with Crippen molar-refractivity contribution in [2.75, 3.05) is 5.73 Å². The van der Waals surface area contributed by atoms with Gasteiger partial charge in [0, 0.05) is 18.0 Å². The van der Waals surface area contributed by atoms with Crippen LogP contribution in [0.4, 0.5) is 10.3 Å². The van der Waals surface area contributed by atoms with E-state index in [0.29, 0.717) is 0 Å². The predicted octanol–water partition coefficient (Wildman–Crippen LogP) is 1.42. The SMILES string of the molecule is C[C@](N)(c1ccc(F)cc1)c1cnc(N)nc1. The van der Waals surface area contributed by atoms with Crippen molar-refractivity contribution in [2.24, 2.45) is 5.73 Å². The summed E-state index contributed by atoms with van der Waals surface area (Å²) in [5.41, 5.74) is 12.4. The number of hydrogen-bond acceptors (Lipinski definition) is 4. The molecule has 0 aliphatic heterocycles. The number of rotatable bonds is 2. The zero-order chi connectivity index (χ0) is 12.5. The van der Waals surface area contributed by atoms with E-state index in [9.17, 15) is 4.39 Å². The van der Waals surface area contributed by atoms with Crippen molar-refractivity contribution in [1.82, 2.24) is 9.97 Å². The number of aromatic nitrogens is 2. The van der Waals surface area contributed by atoms with E-state index in [1.165, 1.54) is 12.1 Å². The molecular weight excluding hydrogens is 219 g/mol. The van der Waals surface area contributed by atoms with E-state index < -0.39 is 5.54 Å². The third-order valence-electron chi connectivity index (χ3n) is 2.72. The molecule has 0 radical (unpaired) electrons. The Balaban J connectivity index is 2.41. The highest BCUT2D eigenvalue weighted by Gasteiger charge is 2.24. The predicted molar refractivity (Wildman–Crippen MR) is 63.5 cm³/mol. The molecule has 0 aliphatic carbocycles. The van der Waals surface area contributed by atoms with Gasteiger partial charge < -0.3 is 11.5 Å². The van der Waals surface area contributed by atoms with Crippen molar-refractivity contribution in [3.63, 3.8) is 0 Å². The van der Waals surface area contributed by atoms with Gasteiger partial charge in [-0.25, -0.2) is 14.4 Å². The Morgan fingerprint density at radius 2 is 1.59 bits per heavy atom. The van der Waals surface area contributed by atoms with Crippen LogP contribution in [0.1, 0.15) is 18.1 Å². The van der Waals surface area contributed by atoms with Crippen molar-refractivity contribution in [3.8, 4) is 0 Å². The van der Waals surface area contributed by atoms with Gasteiger partial charge in [0.25, 0.3) is 0 Å². The van der Waals surface area contributed by atoms with Crippen LogP contribution in [0.3, 0.4) is 0 Å². The van der Waals surface area contributed by atoms with Crippen molar-refractivity contribution >= 4 is 5.95 Å². The second-order valence-corrected chi connectivity index (χ2v) is 4.04. The molecule has 5 heteroatoms. The lowest BCUT2D eigenvalue weighted by Gasteiger charge is -2.25. The molecule has 17 heavy (non-hydrogen) atoms. The molecule has 4 nitrogen and oxygen atoms in total. The maximum Gasteiger partial charge on any atom is 0.219 e. The summed E-state index contributed by atoms with van der Waals surface area (Å²) in [6, 6.07) is 6.04. The molecule has 1 heterocycles. The largest absolute Gasteiger partial charge is 0.368 e. The third-order valence-corrected chi connectivity index (χ3v) is 2.72. The van der Waals surface area contributed by atoms with Crippen LogP contribution < -0.4 is 11.5 Å². The Kier molecular flexibility index (Phi) is 2.77. The lowest BCUT2D eigenvalue weighted by Crippen LogP contribution is -2.34. The van der Waals surface area contributed by atoms with E-state index in [1.807, 2.05) is 6.92 Å². The summed E-state index contributed by atoms with van der Waals surface area (Å²) < 4.78 is 12.8. The van der Waals surface area contributed by atoms with E-state index in [0.717, 1.165) is 11.1 Å². The number of nitrogens with zero attached hydrogens (tertiary/aromatic N) is 2. The Morgan fingerprint density at radius 3 is 2.12 bits per heavy atom. The van der Waals surface area contributed by atoms with Crippen LogP contribution in [0.5, 0.6) is 0 Å². The van der Waals surface area contributed by atoms with Crippen molar-refractivity contribution in [2.45, 2.75) is 12.5 Å². The number of nitrogen functional groups attached to an aromatic ring is 1. The topological polar surface area (TPSA) is 77.8 Å². The van der Waals surface area contributed by atoms with E-state index >= 15 is 0 Å². The van der Waals surface area contributed by atoms with Crippen LogP contribution in [0.15, 0.2) is 36.7 Å². The molecule has 1 aromatic carbocycles. The quantitative estimate of drug-likeness (QED) is 0.820. The van der Waals surface area contributed by atoms with Crippen LogP contribution in [-0.4, -0.2) is 9.97 Å². The molecule has 2 aromatic rings. The lowest BCUT2D eigenvalue weighted by atomic mass is 9.87. The average Bonchev–Trinajstić information content (AvgIpc) is 2.30. The molecule has 0 amide bonds. The minimum Gasteiger partial charge on any atom is -0.368 e. The normalized spacial score (nSPS) is 14.3. The van der Waals surface area contributed by atoms with Gasteiger partial charge in [0.1, 0.15) is 5.82 Å². The summed E-state index contributed by atoms with van der Waals surface area (Å²) in [5, 5.41) is 0. The van der Waals surface area contributed by atoms with Gasteiger partial charge in [-0.2, -0.15) is 0 Å². The average molecular weight is 232 g/mol. The van der Waals surface area contributed by atoms with E-state index in [1.54, 1.807) is 24.5 Å². The van der Waals surface area contributed by atoms with Crippen molar-refractivity contribution in [3.05, 3.63) is 53.6 Å². The van der Waals surface area contributed by atoms with Gasteiger partial charge >= 0.3 is 0 Å². The van der Waals surface area contributed by atoms with Crippen molar-refractivity contribution < 1.29 is 4.39 Å². The van der Waals surface area contributed by atoms with Crippen LogP contribution in [0.25, 0.3) is 0 Å². The lowest BCUT2D eigenvalue weighted by molar-refractivity contribution is 0.588. The Labute approximate surface area is 98.5 Å². The fourth-order valence-corrected chi connectivity index (χ4v) is 1.57. The van der Waals surface area contributed by atoms with Crippen LogP contribution >= 0.6 is 0 Å². The molecule has 1 aromatic heterocycles. The number of nitrogens with two attached hydrogens (primary N) is 2. The van der Waals surface area contributed by atoms with Gasteiger partial charge in [0.15, 0.2) is 0 Å². The molecule has 0 bridgehead atoms. The first-order valence-electron chi connectivity index (χ1n) is 5.13. The number of hydrogen-bond donors (Lipinski definition) is 2. The molecule has 0 fully saturated rings. The maximum absolute atomic E-state index is 12.8. The minimum absolute atomic E-state index is 0.198. The summed E-state index contributed by atoms with van der Waals surface area (Å²) in [6.07, 6.45) is 3.15. The van der Waals surface area contributed by atoms with Crippen LogP contribution in [0, 0.1) is 5.82 Å². The van der Waals surface area contributed by atoms with Gasteiger partial charge in [-0.15, -0.1) is 0 Å². The summed E-state index contributed by atoms with van der Waals surface area (Å²) >= 11 is 0. The molecule has 0 aliphatic rings. The number of anilines is 1.